The lowest BCUT2D eigenvalue weighted by Crippen LogP contribution is -2.31. The van der Waals surface area contributed by atoms with E-state index in [9.17, 15) is 9.59 Å². The van der Waals surface area contributed by atoms with Crippen molar-refractivity contribution < 1.29 is 9.84 Å². The number of ether oxygens (including phenoxy) is 1. The Bertz CT molecular complexity index is 721. The topological polar surface area (TPSA) is 96.3 Å². The van der Waals surface area contributed by atoms with E-state index in [0.29, 0.717) is 0 Å². The number of aryl methyl sites for hydroxylation is 1. The Morgan fingerprint density at radius 1 is 1.29 bits per heavy atom. The number of benzene rings is 1. The molecule has 3 N–H and O–H groups in total. The predicted octanol–water partition coefficient (Wildman–Crippen LogP) is 0.555. The lowest BCUT2D eigenvalue weighted by Gasteiger charge is -2.11. The van der Waals surface area contributed by atoms with Crippen LogP contribution in [-0.2, 0) is 11.5 Å². The zero-order valence-corrected chi connectivity index (χ0v) is 11.6. The maximum Gasteiger partial charge on any atom is 0.330 e. The lowest BCUT2D eigenvalue weighted by atomic mass is 10.2. The van der Waals surface area contributed by atoms with Crippen LogP contribution in [-0.4, -0.2) is 27.9 Å². The van der Waals surface area contributed by atoms with Gasteiger partial charge in [0.25, 0.3) is 5.56 Å². The summed E-state index contributed by atoms with van der Waals surface area (Å²) < 4.78 is 6.30. The first-order valence-electron chi connectivity index (χ1n) is 6.47. The highest BCUT2D eigenvalue weighted by Gasteiger charge is 2.06. The van der Waals surface area contributed by atoms with Gasteiger partial charge in [0.05, 0.1) is 13.2 Å². The summed E-state index contributed by atoms with van der Waals surface area (Å²) in [6.07, 6.45) is 1.39. The molecule has 0 aliphatic rings. The number of aromatic amines is 1. The molecule has 0 unspecified atom stereocenters. The second-order valence-electron chi connectivity index (χ2n) is 4.47. The van der Waals surface area contributed by atoms with Crippen LogP contribution >= 0.6 is 0 Å². The minimum absolute atomic E-state index is 0.0430. The van der Waals surface area contributed by atoms with Crippen LogP contribution in [0.3, 0.4) is 0 Å². The SMILES string of the molecule is Cc1ccccc1Nc1cn(COCCO)c(=O)[nH]c1=O. The van der Waals surface area contributed by atoms with E-state index in [2.05, 4.69) is 10.3 Å². The molecule has 21 heavy (non-hydrogen) atoms. The van der Waals surface area contributed by atoms with Gasteiger partial charge in [-0.1, -0.05) is 18.2 Å². The molecule has 0 amide bonds. The minimum atomic E-state index is -0.562. The van der Waals surface area contributed by atoms with Crippen molar-refractivity contribution in [2.45, 2.75) is 13.7 Å². The smallest absolute Gasteiger partial charge is 0.330 e. The van der Waals surface area contributed by atoms with E-state index in [0.717, 1.165) is 11.3 Å². The highest BCUT2D eigenvalue weighted by atomic mass is 16.5. The molecule has 0 fully saturated rings. The van der Waals surface area contributed by atoms with Crippen molar-refractivity contribution in [3.63, 3.8) is 0 Å². The van der Waals surface area contributed by atoms with Gasteiger partial charge >= 0.3 is 5.69 Å². The van der Waals surface area contributed by atoms with E-state index in [1.807, 2.05) is 31.2 Å². The number of hydrogen-bond donors (Lipinski definition) is 3. The van der Waals surface area contributed by atoms with E-state index in [1.54, 1.807) is 0 Å². The number of hydrogen-bond acceptors (Lipinski definition) is 5. The fraction of sp³-hybridized carbons (Fsp3) is 0.286. The van der Waals surface area contributed by atoms with Crippen molar-refractivity contribution in [1.29, 1.82) is 0 Å². The van der Waals surface area contributed by atoms with Crippen LogP contribution in [0.1, 0.15) is 5.56 Å². The largest absolute Gasteiger partial charge is 0.394 e. The first-order chi connectivity index (χ1) is 10.1. The van der Waals surface area contributed by atoms with Crippen LogP contribution in [0.15, 0.2) is 40.1 Å². The normalized spacial score (nSPS) is 10.6. The third-order valence-electron chi connectivity index (χ3n) is 2.89. The van der Waals surface area contributed by atoms with Gasteiger partial charge in [0.2, 0.25) is 0 Å². The molecular formula is C14H17N3O4. The number of aromatic nitrogens is 2. The summed E-state index contributed by atoms with van der Waals surface area (Å²) in [6.45, 7) is 1.86. The van der Waals surface area contributed by atoms with E-state index >= 15 is 0 Å². The van der Waals surface area contributed by atoms with E-state index in [1.165, 1.54) is 10.8 Å². The third kappa shape index (κ3) is 3.80. The lowest BCUT2D eigenvalue weighted by molar-refractivity contribution is 0.0458. The molecule has 7 nitrogen and oxygen atoms in total. The molecule has 7 heteroatoms. The average Bonchev–Trinajstić information content (AvgIpc) is 2.46. The maximum atomic E-state index is 11.8. The number of aliphatic hydroxyl groups excluding tert-OH is 1. The van der Waals surface area contributed by atoms with Crippen LogP contribution in [0.2, 0.25) is 0 Å². The second kappa shape index (κ2) is 6.87. The van der Waals surface area contributed by atoms with Crippen molar-refractivity contribution >= 4 is 11.4 Å². The standard InChI is InChI=1S/C14H17N3O4/c1-10-4-2-3-5-11(10)15-12-8-17(9-21-7-6-18)14(20)16-13(12)19/h2-5,8,15,18H,6-7,9H2,1H3,(H,16,19,20). The number of nitrogens with zero attached hydrogens (tertiary/aromatic N) is 1. The zero-order valence-electron chi connectivity index (χ0n) is 11.6. The Morgan fingerprint density at radius 2 is 2.05 bits per heavy atom. The number of H-pyrrole nitrogens is 1. The third-order valence-corrected chi connectivity index (χ3v) is 2.89. The highest BCUT2D eigenvalue weighted by Crippen LogP contribution is 2.16. The van der Waals surface area contributed by atoms with E-state index < -0.39 is 11.2 Å². The van der Waals surface area contributed by atoms with Gasteiger partial charge in [-0.05, 0) is 18.6 Å². The fourth-order valence-corrected chi connectivity index (χ4v) is 1.78. The van der Waals surface area contributed by atoms with Crippen LogP contribution in [0.4, 0.5) is 11.4 Å². The molecule has 2 aromatic rings. The average molecular weight is 291 g/mol. The van der Waals surface area contributed by atoms with Crippen LogP contribution in [0, 0.1) is 6.92 Å². The molecular weight excluding hydrogens is 274 g/mol. The highest BCUT2D eigenvalue weighted by molar-refractivity contribution is 5.61. The summed E-state index contributed by atoms with van der Waals surface area (Å²) in [5.41, 5.74) is 0.946. The molecule has 0 aliphatic heterocycles. The summed E-state index contributed by atoms with van der Waals surface area (Å²) in [6, 6.07) is 7.50. The van der Waals surface area contributed by atoms with E-state index in [4.69, 9.17) is 9.84 Å². The molecule has 0 radical (unpaired) electrons. The minimum Gasteiger partial charge on any atom is -0.394 e. The Hall–Kier alpha value is -2.38. The number of para-hydroxylation sites is 1. The summed E-state index contributed by atoms with van der Waals surface area (Å²) in [7, 11) is 0. The predicted molar refractivity (Wildman–Crippen MR) is 78.8 cm³/mol. The number of anilines is 2. The van der Waals surface area contributed by atoms with Crippen molar-refractivity contribution in [1.82, 2.24) is 9.55 Å². The molecule has 0 saturated carbocycles. The first-order valence-corrected chi connectivity index (χ1v) is 6.47. The molecule has 0 aliphatic carbocycles. The zero-order chi connectivity index (χ0) is 15.2. The van der Waals surface area contributed by atoms with Gasteiger partial charge in [-0.15, -0.1) is 0 Å². The quantitative estimate of drug-likeness (QED) is 0.676. The van der Waals surface area contributed by atoms with Crippen LogP contribution in [0.25, 0.3) is 0 Å². The van der Waals surface area contributed by atoms with Gasteiger partial charge in [-0.3, -0.25) is 14.3 Å². The first kappa shape index (κ1) is 15.0. The maximum absolute atomic E-state index is 11.8. The monoisotopic (exact) mass is 291 g/mol. The van der Waals surface area contributed by atoms with Crippen molar-refractivity contribution in [3.8, 4) is 0 Å². The van der Waals surface area contributed by atoms with Crippen molar-refractivity contribution in [3.05, 3.63) is 56.9 Å². The summed E-state index contributed by atoms with van der Waals surface area (Å²) in [4.78, 5) is 25.7. The number of aliphatic hydroxyl groups is 1. The van der Waals surface area contributed by atoms with Gasteiger partial charge in [-0.25, -0.2) is 4.79 Å². The molecule has 0 saturated heterocycles. The Labute approximate surface area is 120 Å². The van der Waals surface area contributed by atoms with Crippen molar-refractivity contribution in [2.75, 3.05) is 18.5 Å². The fourth-order valence-electron chi connectivity index (χ4n) is 1.78. The van der Waals surface area contributed by atoms with Gasteiger partial charge in [0.15, 0.2) is 0 Å². The Kier molecular flexibility index (Phi) is 4.91. The molecule has 112 valence electrons. The molecule has 0 atom stereocenters. The second-order valence-corrected chi connectivity index (χ2v) is 4.47. The molecule has 0 bridgehead atoms. The van der Waals surface area contributed by atoms with E-state index in [-0.39, 0.29) is 25.6 Å². The Morgan fingerprint density at radius 3 is 2.76 bits per heavy atom. The molecule has 1 heterocycles. The summed E-state index contributed by atoms with van der Waals surface area (Å²) in [5, 5.41) is 11.6. The van der Waals surface area contributed by atoms with Gasteiger partial charge in [0.1, 0.15) is 12.4 Å². The van der Waals surface area contributed by atoms with Gasteiger partial charge in [-0.2, -0.15) is 0 Å². The van der Waals surface area contributed by atoms with Gasteiger partial charge < -0.3 is 15.2 Å². The van der Waals surface area contributed by atoms with Crippen LogP contribution in [0.5, 0.6) is 0 Å². The molecule has 2 rings (SSSR count). The van der Waals surface area contributed by atoms with Crippen molar-refractivity contribution in [2.24, 2.45) is 0 Å². The summed E-state index contributed by atoms with van der Waals surface area (Å²) in [5.74, 6) is 0. The van der Waals surface area contributed by atoms with Gasteiger partial charge in [0, 0.05) is 11.9 Å². The Balaban J connectivity index is 2.27. The molecule has 1 aromatic heterocycles. The summed E-state index contributed by atoms with van der Waals surface area (Å²) >= 11 is 0. The number of nitrogens with one attached hydrogen (secondary N) is 2. The molecule has 0 spiro atoms. The number of rotatable bonds is 6. The molecule has 1 aromatic carbocycles. The van der Waals surface area contributed by atoms with Crippen LogP contribution < -0.4 is 16.6 Å².